The van der Waals surface area contributed by atoms with E-state index in [1.807, 2.05) is 42.5 Å². The van der Waals surface area contributed by atoms with E-state index in [1.165, 1.54) is 11.8 Å². The minimum Gasteiger partial charge on any atom is -0.497 e. The molecule has 136 valence electrons. The molecule has 0 bridgehead atoms. The standard InChI is InChI=1S/C19H17N5O2S/c1-24-16(20-15-6-4-3-5-14(15)18(24)25)11-27-19-21-17(22-23-19)12-7-9-13(26-2)10-8-12/h3-10H,11H2,1-2H3,(H,21,22,23). The van der Waals surface area contributed by atoms with Crippen LogP contribution in [-0.2, 0) is 12.8 Å². The van der Waals surface area contributed by atoms with Crippen molar-refractivity contribution >= 4 is 22.7 Å². The molecule has 2 heterocycles. The van der Waals surface area contributed by atoms with Gasteiger partial charge in [-0.1, -0.05) is 23.9 Å². The number of rotatable bonds is 5. The van der Waals surface area contributed by atoms with Gasteiger partial charge in [-0.15, -0.1) is 5.10 Å². The summed E-state index contributed by atoms with van der Waals surface area (Å²) in [5.41, 5.74) is 1.57. The summed E-state index contributed by atoms with van der Waals surface area (Å²) in [5.74, 6) is 2.65. The third kappa shape index (κ3) is 3.43. The smallest absolute Gasteiger partial charge is 0.261 e. The largest absolute Gasteiger partial charge is 0.497 e. The van der Waals surface area contributed by atoms with Crippen molar-refractivity contribution in [3.05, 3.63) is 64.7 Å². The fourth-order valence-corrected chi connectivity index (χ4v) is 3.49. The zero-order chi connectivity index (χ0) is 18.8. The first-order valence-corrected chi connectivity index (χ1v) is 9.28. The molecule has 27 heavy (non-hydrogen) atoms. The van der Waals surface area contributed by atoms with Crippen LogP contribution in [0.4, 0.5) is 0 Å². The fraction of sp³-hybridized carbons (Fsp3) is 0.158. The summed E-state index contributed by atoms with van der Waals surface area (Å²) in [6, 6.07) is 14.9. The van der Waals surface area contributed by atoms with E-state index in [0.29, 0.717) is 33.5 Å². The molecule has 7 nitrogen and oxygen atoms in total. The first-order valence-electron chi connectivity index (χ1n) is 8.30. The van der Waals surface area contributed by atoms with Crippen molar-refractivity contribution in [1.82, 2.24) is 24.7 Å². The Bertz CT molecular complexity index is 1150. The first kappa shape index (κ1) is 17.3. The van der Waals surface area contributed by atoms with Gasteiger partial charge in [0.25, 0.3) is 5.56 Å². The van der Waals surface area contributed by atoms with Crippen molar-refractivity contribution in [3.8, 4) is 17.1 Å². The second-order valence-corrected chi connectivity index (χ2v) is 6.84. The van der Waals surface area contributed by atoms with Gasteiger partial charge in [0, 0.05) is 12.6 Å². The zero-order valence-corrected chi connectivity index (χ0v) is 15.7. The molecule has 4 aromatic rings. The van der Waals surface area contributed by atoms with E-state index in [1.54, 1.807) is 24.8 Å². The Labute approximate surface area is 159 Å². The molecule has 0 amide bonds. The van der Waals surface area contributed by atoms with Crippen LogP contribution >= 0.6 is 11.8 Å². The van der Waals surface area contributed by atoms with E-state index in [4.69, 9.17) is 4.74 Å². The lowest BCUT2D eigenvalue weighted by Crippen LogP contribution is -2.21. The van der Waals surface area contributed by atoms with E-state index < -0.39 is 0 Å². The Morgan fingerprint density at radius 2 is 1.89 bits per heavy atom. The first-order chi connectivity index (χ1) is 13.2. The predicted octanol–water partition coefficient (Wildman–Crippen LogP) is 3.02. The number of aromatic nitrogens is 5. The second-order valence-electron chi connectivity index (χ2n) is 5.89. The van der Waals surface area contributed by atoms with Crippen LogP contribution in [0.2, 0.25) is 0 Å². The molecule has 0 unspecified atom stereocenters. The molecule has 0 spiro atoms. The monoisotopic (exact) mass is 379 g/mol. The van der Waals surface area contributed by atoms with Crippen LogP contribution in [0.1, 0.15) is 5.82 Å². The molecule has 0 aliphatic carbocycles. The molecular formula is C19H17N5O2S. The minimum absolute atomic E-state index is 0.0508. The van der Waals surface area contributed by atoms with Gasteiger partial charge >= 0.3 is 0 Å². The van der Waals surface area contributed by atoms with Crippen molar-refractivity contribution in [1.29, 1.82) is 0 Å². The van der Waals surface area contributed by atoms with Gasteiger partial charge in [-0.3, -0.25) is 14.5 Å². The number of aromatic amines is 1. The van der Waals surface area contributed by atoms with Gasteiger partial charge < -0.3 is 4.74 Å². The summed E-state index contributed by atoms with van der Waals surface area (Å²) < 4.78 is 6.74. The van der Waals surface area contributed by atoms with Crippen molar-refractivity contribution in [2.24, 2.45) is 7.05 Å². The number of benzene rings is 2. The van der Waals surface area contributed by atoms with Crippen LogP contribution in [0.15, 0.2) is 58.5 Å². The average molecular weight is 379 g/mol. The Hall–Kier alpha value is -3.13. The molecule has 0 atom stereocenters. The number of hydrogen-bond acceptors (Lipinski definition) is 6. The number of nitrogens with one attached hydrogen (secondary N) is 1. The molecule has 8 heteroatoms. The van der Waals surface area contributed by atoms with Gasteiger partial charge in [0.15, 0.2) is 5.82 Å². The van der Waals surface area contributed by atoms with Gasteiger partial charge in [0.1, 0.15) is 11.6 Å². The van der Waals surface area contributed by atoms with E-state index in [-0.39, 0.29) is 5.56 Å². The van der Waals surface area contributed by atoms with E-state index in [2.05, 4.69) is 20.2 Å². The van der Waals surface area contributed by atoms with Crippen LogP contribution in [0.3, 0.4) is 0 Å². The number of hydrogen-bond donors (Lipinski definition) is 1. The zero-order valence-electron chi connectivity index (χ0n) is 14.8. The SMILES string of the molecule is COc1ccc(-c2nc(SCc3nc4ccccc4c(=O)n3C)n[nH]2)cc1. The normalized spacial score (nSPS) is 11.0. The molecule has 4 rings (SSSR count). The summed E-state index contributed by atoms with van der Waals surface area (Å²) in [7, 11) is 3.37. The van der Waals surface area contributed by atoms with Crippen molar-refractivity contribution in [2.75, 3.05) is 7.11 Å². The molecule has 0 radical (unpaired) electrons. The number of para-hydroxylation sites is 1. The number of nitrogens with zero attached hydrogens (tertiary/aromatic N) is 4. The lowest BCUT2D eigenvalue weighted by atomic mass is 10.2. The second kappa shape index (κ2) is 7.24. The number of thioether (sulfide) groups is 1. The van der Waals surface area contributed by atoms with Gasteiger partial charge in [0.05, 0.1) is 23.8 Å². The van der Waals surface area contributed by atoms with E-state index in [0.717, 1.165) is 11.3 Å². The molecule has 2 aromatic carbocycles. The summed E-state index contributed by atoms with van der Waals surface area (Å²) >= 11 is 1.43. The van der Waals surface area contributed by atoms with Crippen molar-refractivity contribution < 1.29 is 4.74 Å². The molecule has 2 aromatic heterocycles. The summed E-state index contributed by atoms with van der Waals surface area (Å²) in [6.45, 7) is 0. The molecule has 0 fully saturated rings. The Kier molecular flexibility index (Phi) is 4.64. The van der Waals surface area contributed by atoms with Crippen molar-refractivity contribution in [2.45, 2.75) is 10.9 Å². The molecule has 0 aliphatic heterocycles. The molecule has 1 N–H and O–H groups in total. The third-order valence-electron chi connectivity index (χ3n) is 4.23. The highest BCUT2D eigenvalue weighted by Gasteiger charge is 2.11. The molecule has 0 saturated carbocycles. The number of ether oxygens (including phenoxy) is 1. The highest BCUT2D eigenvalue weighted by atomic mass is 32.2. The van der Waals surface area contributed by atoms with E-state index in [9.17, 15) is 4.79 Å². The van der Waals surface area contributed by atoms with Crippen LogP contribution in [-0.4, -0.2) is 31.8 Å². The van der Waals surface area contributed by atoms with Crippen LogP contribution in [0.5, 0.6) is 5.75 Å². The lowest BCUT2D eigenvalue weighted by Gasteiger charge is -2.07. The van der Waals surface area contributed by atoms with Crippen LogP contribution in [0.25, 0.3) is 22.3 Å². The molecule has 0 aliphatic rings. The maximum absolute atomic E-state index is 12.5. The van der Waals surface area contributed by atoms with E-state index >= 15 is 0 Å². The third-order valence-corrected chi connectivity index (χ3v) is 5.08. The minimum atomic E-state index is -0.0508. The highest BCUT2D eigenvalue weighted by Crippen LogP contribution is 2.23. The average Bonchev–Trinajstić information content (AvgIpc) is 3.19. The van der Waals surface area contributed by atoms with Gasteiger partial charge in [0.2, 0.25) is 5.16 Å². The van der Waals surface area contributed by atoms with Gasteiger partial charge in [-0.05, 0) is 36.4 Å². The van der Waals surface area contributed by atoms with Crippen LogP contribution in [0, 0.1) is 0 Å². The molecule has 0 saturated heterocycles. The Balaban J connectivity index is 1.54. The van der Waals surface area contributed by atoms with Crippen molar-refractivity contribution in [3.63, 3.8) is 0 Å². The lowest BCUT2D eigenvalue weighted by molar-refractivity contribution is 0.415. The van der Waals surface area contributed by atoms with Gasteiger partial charge in [-0.25, -0.2) is 9.97 Å². The number of H-pyrrole nitrogens is 1. The Morgan fingerprint density at radius 3 is 2.67 bits per heavy atom. The molecular weight excluding hydrogens is 362 g/mol. The maximum Gasteiger partial charge on any atom is 0.261 e. The van der Waals surface area contributed by atoms with Crippen LogP contribution < -0.4 is 10.3 Å². The summed E-state index contributed by atoms with van der Waals surface area (Å²) in [5, 5.41) is 8.40. The predicted molar refractivity (Wildman–Crippen MR) is 105 cm³/mol. The van der Waals surface area contributed by atoms with Gasteiger partial charge in [-0.2, -0.15) is 0 Å². The summed E-state index contributed by atoms with van der Waals surface area (Å²) in [4.78, 5) is 21.6. The highest BCUT2D eigenvalue weighted by molar-refractivity contribution is 7.98. The fourth-order valence-electron chi connectivity index (χ4n) is 2.71. The number of methoxy groups -OCH3 is 1. The maximum atomic E-state index is 12.5. The topological polar surface area (TPSA) is 85.7 Å². The Morgan fingerprint density at radius 1 is 1.11 bits per heavy atom. The quantitative estimate of drug-likeness (QED) is 0.537. The summed E-state index contributed by atoms with van der Waals surface area (Å²) in [6.07, 6.45) is 0. The number of fused-ring (bicyclic) bond motifs is 1.